The summed E-state index contributed by atoms with van der Waals surface area (Å²) in [4.78, 5) is 17.9. The van der Waals surface area contributed by atoms with Crippen LogP contribution in [0.25, 0.3) is 0 Å². The van der Waals surface area contributed by atoms with Crippen molar-refractivity contribution in [2.45, 2.75) is 58.2 Å². The lowest BCUT2D eigenvalue weighted by molar-refractivity contribution is 0.0989. The van der Waals surface area contributed by atoms with Crippen molar-refractivity contribution in [1.29, 1.82) is 0 Å². The third-order valence-electron chi connectivity index (χ3n) is 6.05. The fourth-order valence-corrected chi connectivity index (χ4v) is 4.28. The van der Waals surface area contributed by atoms with Crippen molar-refractivity contribution in [2.24, 2.45) is 0 Å². The average Bonchev–Trinajstić information content (AvgIpc) is 2.78. The Bertz CT molecular complexity index is 788. The second-order valence-electron chi connectivity index (χ2n) is 8.18. The molecule has 30 heavy (non-hydrogen) atoms. The number of nitrogens with one attached hydrogen (secondary N) is 1. The first-order chi connectivity index (χ1) is 14.6. The number of nitrogens with zero attached hydrogens (tertiary/aromatic N) is 2. The third kappa shape index (κ3) is 5.99. The Morgan fingerprint density at radius 2 is 1.90 bits per heavy atom. The van der Waals surface area contributed by atoms with E-state index in [1.165, 1.54) is 12.8 Å². The second kappa shape index (κ2) is 11.0. The molecule has 1 heterocycles. The summed E-state index contributed by atoms with van der Waals surface area (Å²) < 4.78 is 5.29. The first-order valence-electron chi connectivity index (χ1n) is 11.1. The van der Waals surface area contributed by atoms with Gasteiger partial charge in [-0.05, 0) is 43.9 Å². The first-order valence-corrected chi connectivity index (χ1v) is 11.1. The quantitative estimate of drug-likeness (QED) is 0.636. The number of hydrogen-bond donors (Lipinski definition) is 1. The van der Waals surface area contributed by atoms with Crippen molar-refractivity contribution in [3.05, 3.63) is 60.2 Å². The summed E-state index contributed by atoms with van der Waals surface area (Å²) >= 11 is 0. The van der Waals surface area contributed by atoms with Gasteiger partial charge >= 0.3 is 6.03 Å². The topological polar surface area (TPSA) is 44.8 Å². The van der Waals surface area contributed by atoms with Gasteiger partial charge in [-0.25, -0.2) is 4.79 Å². The highest BCUT2D eigenvalue weighted by Crippen LogP contribution is 2.24. The van der Waals surface area contributed by atoms with Crippen LogP contribution >= 0.6 is 0 Å². The molecule has 1 aliphatic rings. The number of piperidine rings is 1. The fourth-order valence-electron chi connectivity index (χ4n) is 4.28. The average molecular weight is 410 g/mol. The van der Waals surface area contributed by atoms with Crippen LogP contribution in [-0.2, 0) is 6.54 Å². The minimum absolute atomic E-state index is 0.0489. The predicted octanol–water partition coefficient (Wildman–Crippen LogP) is 5.38. The Morgan fingerprint density at radius 1 is 1.17 bits per heavy atom. The molecule has 0 saturated carbocycles. The van der Waals surface area contributed by atoms with E-state index < -0.39 is 0 Å². The van der Waals surface area contributed by atoms with Crippen molar-refractivity contribution in [1.82, 2.24) is 9.80 Å². The van der Waals surface area contributed by atoms with E-state index in [0.717, 1.165) is 42.9 Å². The molecule has 3 rings (SSSR count). The third-order valence-corrected chi connectivity index (χ3v) is 6.05. The molecule has 1 aliphatic heterocycles. The number of benzene rings is 2. The number of carbonyl (C=O) groups excluding carboxylic acids is 1. The summed E-state index contributed by atoms with van der Waals surface area (Å²) in [5.41, 5.74) is 1.91. The molecule has 1 fully saturated rings. The molecule has 0 bridgehead atoms. The van der Waals surface area contributed by atoms with Gasteiger partial charge in [-0.15, -0.1) is 0 Å². The number of carbonyl (C=O) groups is 1. The number of anilines is 1. The molecule has 162 valence electrons. The molecule has 5 nitrogen and oxygen atoms in total. The van der Waals surface area contributed by atoms with Crippen LogP contribution in [0.1, 0.15) is 45.1 Å². The minimum Gasteiger partial charge on any atom is -0.497 e. The molecular formula is C25H35N3O2. The summed E-state index contributed by atoms with van der Waals surface area (Å²) in [5, 5.41) is 3.08. The largest absolute Gasteiger partial charge is 0.497 e. The van der Waals surface area contributed by atoms with Crippen LogP contribution in [-0.4, -0.2) is 48.1 Å². The number of ether oxygens (including phenoxy) is 1. The monoisotopic (exact) mass is 409 g/mol. The van der Waals surface area contributed by atoms with Gasteiger partial charge in [0.05, 0.1) is 7.11 Å². The maximum atomic E-state index is 13.3. The summed E-state index contributed by atoms with van der Waals surface area (Å²) in [6.45, 7) is 7.27. The Morgan fingerprint density at radius 3 is 2.57 bits per heavy atom. The van der Waals surface area contributed by atoms with E-state index in [0.29, 0.717) is 12.6 Å². The Labute approximate surface area is 181 Å². The highest BCUT2D eigenvalue weighted by atomic mass is 16.5. The number of likely N-dealkylation sites (tertiary alicyclic amines) is 1. The number of hydrogen-bond acceptors (Lipinski definition) is 3. The Balaban J connectivity index is 1.71. The number of urea groups is 1. The highest BCUT2D eigenvalue weighted by molar-refractivity contribution is 5.89. The first kappa shape index (κ1) is 22.2. The van der Waals surface area contributed by atoms with Crippen molar-refractivity contribution >= 4 is 11.7 Å². The van der Waals surface area contributed by atoms with Crippen LogP contribution in [0.5, 0.6) is 5.75 Å². The van der Waals surface area contributed by atoms with Crippen LogP contribution in [0.15, 0.2) is 54.6 Å². The fraction of sp³-hybridized carbons (Fsp3) is 0.480. The van der Waals surface area contributed by atoms with Gasteiger partial charge < -0.3 is 19.9 Å². The van der Waals surface area contributed by atoms with Crippen LogP contribution in [0.2, 0.25) is 0 Å². The number of amides is 2. The van der Waals surface area contributed by atoms with E-state index >= 15 is 0 Å². The van der Waals surface area contributed by atoms with Gasteiger partial charge in [0.15, 0.2) is 0 Å². The summed E-state index contributed by atoms with van der Waals surface area (Å²) in [7, 11) is 1.63. The molecule has 2 aromatic rings. The van der Waals surface area contributed by atoms with Gasteiger partial charge in [0.1, 0.15) is 5.75 Å². The standard InChI is InChI=1S/C25H35N3O2/c1-4-9-20(2)27-16-14-23(15-17-27)28(19-21-10-6-5-7-11-21)25(29)26-22-12-8-13-24(18-22)30-3/h5-8,10-13,18,20,23H,4,9,14-17,19H2,1-3H3,(H,26,29). The predicted molar refractivity (Wildman–Crippen MR) is 123 cm³/mol. The highest BCUT2D eigenvalue weighted by Gasteiger charge is 2.29. The molecule has 0 aliphatic carbocycles. The van der Waals surface area contributed by atoms with Crippen LogP contribution in [0.4, 0.5) is 10.5 Å². The number of rotatable bonds is 8. The summed E-state index contributed by atoms with van der Waals surface area (Å²) in [5.74, 6) is 0.737. The summed E-state index contributed by atoms with van der Waals surface area (Å²) in [6, 6.07) is 18.6. The number of methoxy groups -OCH3 is 1. The molecule has 5 heteroatoms. The molecule has 1 N–H and O–H groups in total. The lowest BCUT2D eigenvalue weighted by atomic mass is 10.00. The SMILES string of the molecule is CCCC(C)N1CCC(N(Cc2ccccc2)C(=O)Nc2cccc(OC)c2)CC1. The molecule has 1 unspecified atom stereocenters. The summed E-state index contributed by atoms with van der Waals surface area (Å²) in [6.07, 6.45) is 4.46. The van der Waals surface area contributed by atoms with E-state index in [2.05, 4.69) is 36.2 Å². The lowest BCUT2D eigenvalue weighted by Crippen LogP contribution is -2.50. The van der Waals surface area contributed by atoms with Gasteiger partial charge in [0.25, 0.3) is 0 Å². The molecule has 1 saturated heterocycles. The van der Waals surface area contributed by atoms with Gasteiger partial charge in [0.2, 0.25) is 0 Å². The Kier molecular flexibility index (Phi) is 8.14. The van der Waals surface area contributed by atoms with Gasteiger partial charge in [-0.3, -0.25) is 0 Å². The zero-order valence-corrected chi connectivity index (χ0v) is 18.5. The normalized spacial score (nSPS) is 16.1. The molecule has 2 aromatic carbocycles. The van der Waals surface area contributed by atoms with E-state index in [4.69, 9.17) is 4.74 Å². The zero-order chi connectivity index (χ0) is 21.3. The molecule has 1 atom stereocenters. The molecular weight excluding hydrogens is 374 g/mol. The second-order valence-corrected chi connectivity index (χ2v) is 8.18. The van der Waals surface area contributed by atoms with E-state index in [1.54, 1.807) is 7.11 Å². The lowest BCUT2D eigenvalue weighted by Gasteiger charge is -2.40. The van der Waals surface area contributed by atoms with Gasteiger partial charge in [-0.1, -0.05) is 49.7 Å². The van der Waals surface area contributed by atoms with Crippen molar-refractivity contribution < 1.29 is 9.53 Å². The molecule has 0 spiro atoms. The Hall–Kier alpha value is -2.53. The van der Waals surface area contributed by atoms with Crippen molar-refractivity contribution in [2.75, 3.05) is 25.5 Å². The minimum atomic E-state index is -0.0489. The van der Waals surface area contributed by atoms with Crippen molar-refractivity contribution in [3.63, 3.8) is 0 Å². The van der Waals surface area contributed by atoms with Crippen LogP contribution in [0, 0.1) is 0 Å². The maximum absolute atomic E-state index is 13.3. The van der Waals surface area contributed by atoms with Crippen LogP contribution < -0.4 is 10.1 Å². The van der Waals surface area contributed by atoms with E-state index in [9.17, 15) is 4.79 Å². The van der Waals surface area contributed by atoms with E-state index in [1.807, 2.05) is 47.4 Å². The van der Waals surface area contributed by atoms with E-state index in [-0.39, 0.29) is 12.1 Å². The van der Waals surface area contributed by atoms with Gasteiger partial charge in [0, 0.05) is 43.5 Å². The maximum Gasteiger partial charge on any atom is 0.322 e. The molecule has 2 amide bonds. The molecule has 0 aromatic heterocycles. The van der Waals surface area contributed by atoms with Crippen molar-refractivity contribution in [3.8, 4) is 5.75 Å². The smallest absolute Gasteiger partial charge is 0.322 e. The molecule has 0 radical (unpaired) electrons. The van der Waals surface area contributed by atoms with Gasteiger partial charge in [-0.2, -0.15) is 0 Å². The van der Waals surface area contributed by atoms with Crippen LogP contribution in [0.3, 0.4) is 0 Å². The zero-order valence-electron chi connectivity index (χ0n) is 18.5.